The van der Waals surface area contributed by atoms with Crippen molar-refractivity contribution in [2.45, 2.75) is 26.5 Å². The van der Waals surface area contributed by atoms with Gasteiger partial charge in [-0.05, 0) is 25.3 Å². The van der Waals surface area contributed by atoms with E-state index in [0.29, 0.717) is 24.5 Å². The molecule has 0 amide bonds. The molecule has 0 atom stereocenters. The van der Waals surface area contributed by atoms with Crippen molar-refractivity contribution in [2.75, 3.05) is 17.7 Å². The van der Waals surface area contributed by atoms with Gasteiger partial charge in [-0.15, -0.1) is 11.3 Å². The Morgan fingerprint density at radius 3 is 2.68 bits per heavy atom. The summed E-state index contributed by atoms with van der Waals surface area (Å²) in [5, 5.41) is 8.10. The average molecular weight is 279 g/mol. The highest BCUT2D eigenvalue weighted by Crippen LogP contribution is 2.14. The fourth-order valence-corrected chi connectivity index (χ4v) is 2.03. The number of hydrogen-bond acceptors (Lipinski definition) is 7. The number of thiophene rings is 1. The molecule has 7 heteroatoms. The van der Waals surface area contributed by atoms with E-state index in [-0.39, 0.29) is 6.10 Å². The molecule has 0 fully saturated rings. The third-order valence-electron chi connectivity index (χ3n) is 2.18. The molecule has 0 saturated carbocycles. The summed E-state index contributed by atoms with van der Waals surface area (Å²) in [6.07, 6.45) is 0.0252. The Hall–Kier alpha value is -1.89. The van der Waals surface area contributed by atoms with Crippen LogP contribution in [0.5, 0.6) is 6.01 Å². The number of anilines is 2. The van der Waals surface area contributed by atoms with E-state index in [1.54, 1.807) is 18.4 Å². The van der Waals surface area contributed by atoms with Gasteiger partial charge in [-0.3, -0.25) is 0 Å². The summed E-state index contributed by atoms with van der Waals surface area (Å²) in [6, 6.07) is 4.40. The molecule has 0 bridgehead atoms. The predicted molar refractivity (Wildman–Crippen MR) is 76.8 cm³/mol. The van der Waals surface area contributed by atoms with Crippen molar-refractivity contribution < 1.29 is 4.74 Å². The first-order valence-electron chi connectivity index (χ1n) is 6.04. The molecule has 2 N–H and O–H groups in total. The summed E-state index contributed by atoms with van der Waals surface area (Å²) in [4.78, 5) is 13.8. The Kier molecular flexibility index (Phi) is 4.51. The van der Waals surface area contributed by atoms with Gasteiger partial charge in [0, 0.05) is 11.9 Å². The van der Waals surface area contributed by atoms with Crippen LogP contribution in [-0.4, -0.2) is 28.1 Å². The van der Waals surface area contributed by atoms with Gasteiger partial charge in [-0.2, -0.15) is 15.0 Å². The third kappa shape index (κ3) is 4.06. The van der Waals surface area contributed by atoms with E-state index in [0.717, 1.165) is 0 Å². The maximum absolute atomic E-state index is 5.49. The van der Waals surface area contributed by atoms with Gasteiger partial charge in [-0.1, -0.05) is 6.07 Å². The van der Waals surface area contributed by atoms with E-state index in [2.05, 4.69) is 31.7 Å². The van der Waals surface area contributed by atoms with Crippen LogP contribution in [0.1, 0.15) is 18.7 Å². The SMILES string of the molecule is CNc1nc(NCc2cccs2)nc(OC(C)C)n1. The predicted octanol–water partition coefficient (Wildman–Crippen LogP) is 2.37. The maximum Gasteiger partial charge on any atom is 0.323 e. The molecule has 0 radical (unpaired) electrons. The standard InChI is InChI=1S/C12H17N5OS/c1-8(2)18-12-16-10(13-3)15-11(17-12)14-7-9-5-4-6-19-9/h4-6,8H,7H2,1-3H3,(H2,13,14,15,16,17). The van der Waals surface area contributed by atoms with E-state index in [1.165, 1.54) is 4.88 Å². The van der Waals surface area contributed by atoms with Gasteiger partial charge in [0.05, 0.1) is 12.6 Å². The molecule has 19 heavy (non-hydrogen) atoms. The molecule has 0 aliphatic carbocycles. The van der Waals surface area contributed by atoms with Crippen molar-refractivity contribution >= 4 is 23.2 Å². The van der Waals surface area contributed by atoms with E-state index >= 15 is 0 Å². The number of rotatable bonds is 6. The van der Waals surface area contributed by atoms with Crippen LogP contribution in [0.15, 0.2) is 17.5 Å². The summed E-state index contributed by atoms with van der Waals surface area (Å²) >= 11 is 1.69. The molecule has 2 rings (SSSR count). The second-order valence-corrected chi connectivity index (χ2v) is 5.15. The number of nitrogens with zero attached hydrogens (tertiary/aromatic N) is 3. The third-order valence-corrected chi connectivity index (χ3v) is 3.06. The number of ether oxygens (including phenoxy) is 1. The van der Waals surface area contributed by atoms with Gasteiger partial charge in [0.2, 0.25) is 11.9 Å². The largest absolute Gasteiger partial charge is 0.461 e. The van der Waals surface area contributed by atoms with E-state index in [1.807, 2.05) is 25.3 Å². The van der Waals surface area contributed by atoms with Crippen LogP contribution in [0.4, 0.5) is 11.9 Å². The lowest BCUT2D eigenvalue weighted by atomic mass is 10.5. The Labute approximate surface area is 116 Å². The van der Waals surface area contributed by atoms with Crippen LogP contribution in [0.2, 0.25) is 0 Å². The second kappa shape index (κ2) is 6.33. The number of aromatic nitrogens is 3. The number of nitrogens with one attached hydrogen (secondary N) is 2. The molecular weight excluding hydrogens is 262 g/mol. The minimum atomic E-state index is 0.0252. The lowest BCUT2D eigenvalue weighted by molar-refractivity contribution is 0.222. The molecule has 0 aromatic carbocycles. The molecular formula is C12H17N5OS. The van der Waals surface area contributed by atoms with Crippen LogP contribution in [0.25, 0.3) is 0 Å². The summed E-state index contributed by atoms with van der Waals surface area (Å²) in [6.45, 7) is 4.55. The molecule has 2 aromatic heterocycles. The van der Waals surface area contributed by atoms with Crippen molar-refractivity contribution in [3.8, 4) is 6.01 Å². The molecule has 0 unspecified atom stereocenters. The van der Waals surface area contributed by atoms with Crippen LogP contribution in [0.3, 0.4) is 0 Å². The fraction of sp³-hybridized carbons (Fsp3) is 0.417. The van der Waals surface area contributed by atoms with Crippen LogP contribution in [0, 0.1) is 0 Å². The first kappa shape index (κ1) is 13.5. The Bertz CT molecular complexity index is 515. The van der Waals surface area contributed by atoms with Crippen molar-refractivity contribution in [1.29, 1.82) is 0 Å². The lowest BCUT2D eigenvalue weighted by Gasteiger charge is -2.10. The van der Waals surface area contributed by atoms with Crippen LogP contribution >= 0.6 is 11.3 Å². The minimum Gasteiger partial charge on any atom is -0.461 e. The topological polar surface area (TPSA) is 72.0 Å². The number of hydrogen-bond donors (Lipinski definition) is 2. The van der Waals surface area contributed by atoms with Gasteiger partial charge in [0.1, 0.15) is 0 Å². The normalized spacial score (nSPS) is 10.5. The van der Waals surface area contributed by atoms with Crippen molar-refractivity contribution in [2.24, 2.45) is 0 Å². The molecule has 0 aliphatic heterocycles. The smallest absolute Gasteiger partial charge is 0.323 e. The van der Waals surface area contributed by atoms with Gasteiger partial charge in [0.15, 0.2) is 0 Å². The average Bonchev–Trinajstić information content (AvgIpc) is 2.88. The Morgan fingerprint density at radius 1 is 1.26 bits per heavy atom. The Balaban J connectivity index is 2.09. The summed E-state index contributed by atoms with van der Waals surface area (Å²) in [7, 11) is 1.76. The lowest BCUT2D eigenvalue weighted by Crippen LogP contribution is -2.12. The van der Waals surface area contributed by atoms with Gasteiger partial charge < -0.3 is 15.4 Å². The summed E-state index contributed by atoms with van der Waals surface area (Å²) < 4.78 is 5.49. The zero-order valence-electron chi connectivity index (χ0n) is 11.2. The zero-order chi connectivity index (χ0) is 13.7. The maximum atomic E-state index is 5.49. The second-order valence-electron chi connectivity index (χ2n) is 4.11. The molecule has 0 aliphatic rings. The molecule has 2 heterocycles. The highest BCUT2D eigenvalue weighted by atomic mass is 32.1. The van der Waals surface area contributed by atoms with E-state index < -0.39 is 0 Å². The van der Waals surface area contributed by atoms with E-state index in [4.69, 9.17) is 4.74 Å². The molecule has 6 nitrogen and oxygen atoms in total. The molecule has 0 saturated heterocycles. The van der Waals surface area contributed by atoms with Gasteiger partial charge in [-0.25, -0.2) is 0 Å². The molecule has 2 aromatic rings. The first-order chi connectivity index (χ1) is 9.17. The van der Waals surface area contributed by atoms with Gasteiger partial charge >= 0.3 is 6.01 Å². The Morgan fingerprint density at radius 2 is 2.05 bits per heavy atom. The monoisotopic (exact) mass is 279 g/mol. The highest BCUT2D eigenvalue weighted by molar-refractivity contribution is 7.09. The van der Waals surface area contributed by atoms with Gasteiger partial charge in [0.25, 0.3) is 0 Å². The summed E-state index contributed by atoms with van der Waals surface area (Å²) in [5.41, 5.74) is 0. The van der Waals surface area contributed by atoms with Crippen LogP contribution < -0.4 is 15.4 Å². The van der Waals surface area contributed by atoms with E-state index in [9.17, 15) is 0 Å². The first-order valence-corrected chi connectivity index (χ1v) is 6.92. The zero-order valence-corrected chi connectivity index (χ0v) is 12.0. The molecule has 0 spiro atoms. The highest BCUT2D eigenvalue weighted by Gasteiger charge is 2.08. The van der Waals surface area contributed by atoms with Crippen molar-refractivity contribution in [3.05, 3.63) is 22.4 Å². The minimum absolute atomic E-state index is 0.0252. The fourth-order valence-electron chi connectivity index (χ4n) is 1.39. The van der Waals surface area contributed by atoms with Crippen LogP contribution in [-0.2, 0) is 6.54 Å². The molecule has 102 valence electrons. The van der Waals surface area contributed by atoms with Crippen molar-refractivity contribution in [1.82, 2.24) is 15.0 Å². The van der Waals surface area contributed by atoms with Crippen molar-refractivity contribution in [3.63, 3.8) is 0 Å². The quantitative estimate of drug-likeness (QED) is 0.846. The summed E-state index contributed by atoms with van der Waals surface area (Å²) in [5.74, 6) is 0.989.